The lowest BCUT2D eigenvalue weighted by Crippen LogP contribution is -2.45. The molecule has 3 heteroatoms. The molecule has 1 saturated heterocycles. The van der Waals surface area contributed by atoms with Crippen LogP contribution in [0.25, 0.3) is 10.9 Å². The molecule has 1 fully saturated rings. The van der Waals surface area contributed by atoms with Crippen LogP contribution in [-0.2, 0) is 6.54 Å². The molecule has 1 N–H and O–H groups in total. The number of nitrogens with zero attached hydrogens (tertiary/aromatic N) is 1. The highest BCUT2D eigenvalue weighted by atomic mass is 16.1. The van der Waals surface area contributed by atoms with Crippen LogP contribution in [0.1, 0.15) is 35.8 Å². The molecule has 98 valence electrons. The second-order valence-corrected chi connectivity index (χ2v) is 6.19. The maximum Gasteiger partial charge on any atom is 0.185 e. The van der Waals surface area contributed by atoms with Crippen LogP contribution < -0.4 is 0 Å². The van der Waals surface area contributed by atoms with Crippen molar-refractivity contribution in [3.63, 3.8) is 0 Å². The summed E-state index contributed by atoms with van der Waals surface area (Å²) in [4.78, 5) is 18.7. The zero-order chi connectivity index (χ0) is 13.0. The fourth-order valence-electron chi connectivity index (χ4n) is 3.52. The minimum Gasteiger partial charge on any atom is -0.352 e. The van der Waals surface area contributed by atoms with Gasteiger partial charge in [0.15, 0.2) is 5.78 Å². The van der Waals surface area contributed by atoms with E-state index in [-0.39, 0.29) is 5.41 Å². The van der Waals surface area contributed by atoms with Gasteiger partial charge in [0.1, 0.15) is 0 Å². The number of ketones is 1. The van der Waals surface area contributed by atoms with E-state index >= 15 is 0 Å². The Hall–Kier alpha value is -1.61. The van der Waals surface area contributed by atoms with Gasteiger partial charge in [0.05, 0.1) is 5.69 Å². The minimum absolute atomic E-state index is 0.174. The van der Waals surface area contributed by atoms with Gasteiger partial charge in [0, 0.05) is 28.4 Å². The number of para-hydroxylation sites is 1. The lowest BCUT2D eigenvalue weighted by molar-refractivity contribution is 0.0594. The lowest BCUT2D eigenvalue weighted by Gasteiger charge is -2.40. The fraction of sp³-hybridized carbons (Fsp3) is 0.438. The highest BCUT2D eigenvalue weighted by molar-refractivity contribution is 6.05. The Labute approximate surface area is 112 Å². The summed E-state index contributed by atoms with van der Waals surface area (Å²) in [5, 5.41) is 1.21. The first-order chi connectivity index (χ1) is 9.17. The lowest BCUT2D eigenvalue weighted by atomic mass is 9.73. The predicted octanol–water partition coefficient (Wildman–Crippen LogP) is 2.97. The van der Waals surface area contributed by atoms with Crippen molar-refractivity contribution in [3.05, 3.63) is 35.5 Å². The third-order valence-electron chi connectivity index (χ3n) is 4.93. The normalized spacial score (nSPS) is 30.2. The summed E-state index contributed by atoms with van der Waals surface area (Å²) >= 11 is 0. The summed E-state index contributed by atoms with van der Waals surface area (Å²) in [5.41, 5.74) is 2.97. The van der Waals surface area contributed by atoms with Crippen LogP contribution in [0.2, 0.25) is 0 Å². The van der Waals surface area contributed by atoms with Crippen LogP contribution in [0.15, 0.2) is 24.3 Å². The molecule has 3 aliphatic heterocycles. The summed E-state index contributed by atoms with van der Waals surface area (Å²) in [6.07, 6.45) is 1.97. The summed E-state index contributed by atoms with van der Waals surface area (Å²) in [6.45, 7) is 5.12. The minimum atomic E-state index is -0.174. The molecular weight excluding hydrogens is 236 g/mol. The number of rotatable bonds is 0. The topological polar surface area (TPSA) is 36.1 Å². The van der Waals surface area contributed by atoms with Gasteiger partial charge in [-0.2, -0.15) is 0 Å². The van der Waals surface area contributed by atoms with Gasteiger partial charge < -0.3 is 4.98 Å². The molecule has 0 radical (unpaired) electrons. The van der Waals surface area contributed by atoms with E-state index in [2.05, 4.69) is 35.0 Å². The van der Waals surface area contributed by atoms with Crippen LogP contribution >= 0.6 is 0 Å². The van der Waals surface area contributed by atoms with E-state index in [1.54, 1.807) is 0 Å². The molecule has 2 aromatic rings. The smallest absolute Gasteiger partial charge is 0.185 e. The average Bonchev–Trinajstić information content (AvgIpc) is 2.78. The molecule has 0 saturated carbocycles. The zero-order valence-corrected chi connectivity index (χ0v) is 11.2. The molecule has 0 amide bonds. The molecule has 3 nitrogen and oxygen atoms in total. The molecular formula is C16H18N2O. The molecule has 4 heterocycles. The Morgan fingerprint density at radius 1 is 1.21 bits per heavy atom. The maximum atomic E-state index is 12.9. The van der Waals surface area contributed by atoms with Crippen LogP contribution in [0.4, 0.5) is 0 Å². The number of carbonyl (C=O) groups excluding carboxylic acids is 1. The molecule has 0 aliphatic carbocycles. The van der Waals surface area contributed by atoms with Gasteiger partial charge in [0.2, 0.25) is 0 Å². The number of piperidine rings is 1. The quantitative estimate of drug-likeness (QED) is 0.784. The first-order valence-electron chi connectivity index (χ1n) is 7.04. The molecule has 1 aromatic heterocycles. The van der Waals surface area contributed by atoms with Crippen molar-refractivity contribution in [2.45, 2.75) is 26.3 Å². The Balaban J connectivity index is 1.99. The number of hydrogen-bond donors (Lipinski definition) is 1. The molecule has 1 aromatic carbocycles. The molecule has 5 rings (SSSR count). The van der Waals surface area contributed by atoms with Gasteiger partial charge >= 0.3 is 0 Å². The number of aromatic nitrogens is 1. The summed E-state index contributed by atoms with van der Waals surface area (Å²) in [7, 11) is 0. The first-order valence-corrected chi connectivity index (χ1v) is 7.04. The Morgan fingerprint density at radius 2 is 1.95 bits per heavy atom. The van der Waals surface area contributed by atoms with Gasteiger partial charge in [-0.3, -0.25) is 9.69 Å². The number of H-pyrrole nitrogens is 1. The third-order valence-corrected chi connectivity index (χ3v) is 4.93. The molecule has 19 heavy (non-hydrogen) atoms. The van der Waals surface area contributed by atoms with Gasteiger partial charge in [-0.15, -0.1) is 0 Å². The number of hydrogen-bond acceptors (Lipinski definition) is 2. The van der Waals surface area contributed by atoms with Gasteiger partial charge in [-0.05, 0) is 32.0 Å². The van der Waals surface area contributed by atoms with Crippen LogP contribution in [0.5, 0.6) is 0 Å². The Bertz CT molecular complexity index is 662. The number of aromatic amines is 1. The SMILES string of the molecule is CC12CCN(CC1)Cc1c([nH]c3ccccc13)C2=O. The van der Waals surface area contributed by atoms with E-state index in [0.717, 1.165) is 43.7 Å². The van der Waals surface area contributed by atoms with E-state index in [1.165, 1.54) is 10.9 Å². The molecule has 3 aliphatic rings. The predicted molar refractivity (Wildman–Crippen MR) is 75.2 cm³/mol. The molecule has 0 unspecified atom stereocenters. The monoisotopic (exact) mass is 254 g/mol. The first kappa shape index (κ1) is 11.2. The van der Waals surface area contributed by atoms with Crippen molar-refractivity contribution in [2.75, 3.05) is 13.1 Å². The Morgan fingerprint density at radius 3 is 2.74 bits per heavy atom. The molecule has 2 bridgehead atoms. The molecule has 0 atom stereocenters. The van der Waals surface area contributed by atoms with E-state index < -0.39 is 0 Å². The van der Waals surface area contributed by atoms with Crippen LogP contribution in [-0.4, -0.2) is 28.8 Å². The standard InChI is InChI=1S/C16H18N2O/c1-16-6-8-18(9-7-16)10-12-11-4-2-3-5-13(11)17-14(12)15(16)19/h2-5,17H,6-10H2,1H3. The van der Waals surface area contributed by atoms with Crippen LogP contribution in [0.3, 0.4) is 0 Å². The van der Waals surface area contributed by atoms with E-state index in [9.17, 15) is 4.79 Å². The number of carbonyl (C=O) groups is 1. The van der Waals surface area contributed by atoms with Crippen LogP contribution in [0, 0.1) is 5.41 Å². The Kier molecular flexibility index (Phi) is 2.19. The van der Waals surface area contributed by atoms with Crippen molar-refractivity contribution in [2.24, 2.45) is 5.41 Å². The number of nitrogens with one attached hydrogen (secondary N) is 1. The second kappa shape index (κ2) is 3.70. The van der Waals surface area contributed by atoms with Crippen molar-refractivity contribution in [3.8, 4) is 0 Å². The largest absolute Gasteiger partial charge is 0.352 e. The fourth-order valence-corrected chi connectivity index (χ4v) is 3.52. The van der Waals surface area contributed by atoms with Gasteiger partial charge in [-0.25, -0.2) is 0 Å². The summed E-state index contributed by atoms with van der Waals surface area (Å²) in [6, 6.07) is 8.26. The molecule has 0 spiro atoms. The summed E-state index contributed by atoms with van der Waals surface area (Å²) < 4.78 is 0. The number of benzene rings is 1. The number of Topliss-reactive ketones (excluding diaryl/α,β-unsaturated/α-hetero) is 1. The highest BCUT2D eigenvalue weighted by Crippen LogP contribution is 2.40. The zero-order valence-electron chi connectivity index (χ0n) is 11.2. The second-order valence-electron chi connectivity index (χ2n) is 6.19. The average molecular weight is 254 g/mol. The highest BCUT2D eigenvalue weighted by Gasteiger charge is 2.41. The number of fused-ring (bicyclic) bond motifs is 3. The van der Waals surface area contributed by atoms with Gasteiger partial charge in [-0.1, -0.05) is 25.1 Å². The van der Waals surface area contributed by atoms with E-state index in [1.807, 2.05) is 6.07 Å². The maximum absolute atomic E-state index is 12.9. The van der Waals surface area contributed by atoms with Crippen molar-refractivity contribution >= 4 is 16.7 Å². The van der Waals surface area contributed by atoms with Crippen molar-refractivity contribution in [1.29, 1.82) is 0 Å². The van der Waals surface area contributed by atoms with E-state index in [4.69, 9.17) is 0 Å². The van der Waals surface area contributed by atoms with Crippen molar-refractivity contribution in [1.82, 2.24) is 9.88 Å². The third kappa shape index (κ3) is 1.51. The van der Waals surface area contributed by atoms with Gasteiger partial charge in [0.25, 0.3) is 0 Å². The summed E-state index contributed by atoms with van der Waals surface area (Å²) in [5.74, 6) is 0.318. The van der Waals surface area contributed by atoms with E-state index in [0.29, 0.717) is 5.78 Å². The van der Waals surface area contributed by atoms with Crippen molar-refractivity contribution < 1.29 is 4.79 Å².